The van der Waals surface area contributed by atoms with E-state index in [0.717, 1.165) is 0 Å². The average Bonchev–Trinajstić information content (AvgIpc) is 2.56. The maximum Gasteiger partial charge on any atom is 0.270 e. The topological polar surface area (TPSA) is 118 Å². The van der Waals surface area contributed by atoms with Gasteiger partial charge in [-0.2, -0.15) is 0 Å². The molecule has 2 rings (SSSR count). The van der Waals surface area contributed by atoms with Crippen molar-refractivity contribution in [3.8, 4) is 0 Å². The van der Waals surface area contributed by atoms with E-state index in [1.54, 1.807) is 19.1 Å². The number of non-ortho nitro benzene ring substituents is 1. The molecule has 0 heterocycles. The van der Waals surface area contributed by atoms with E-state index in [2.05, 4.69) is 10.0 Å². The van der Waals surface area contributed by atoms with E-state index in [1.807, 2.05) is 22.6 Å². The van der Waals surface area contributed by atoms with Gasteiger partial charge in [-0.05, 0) is 59.3 Å². The maximum absolute atomic E-state index is 12.4. The highest BCUT2D eigenvalue weighted by molar-refractivity contribution is 14.1. The molecule has 0 saturated heterocycles. The molecular weight excluding hydrogens is 473 g/mol. The lowest BCUT2D eigenvalue weighted by molar-refractivity contribution is -0.384. The zero-order valence-electron chi connectivity index (χ0n) is 13.7. The molecule has 0 bridgehead atoms. The molecule has 10 heteroatoms. The van der Waals surface area contributed by atoms with Crippen LogP contribution in [0.5, 0.6) is 0 Å². The summed E-state index contributed by atoms with van der Waals surface area (Å²) < 4.78 is 26.5. The van der Waals surface area contributed by atoms with Gasteiger partial charge in [0, 0.05) is 27.1 Å². The molecule has 0 unspecified atom stereocenters. The number of halogens is 1. The molecule has 0 spiro atoms. The summed E-state index contributed by atoms with van der Waals surface area (Å²) >= 11 is 1.93. The maximum atomic E-state index is 12.4. The number of nitrogens with one attached hydrogen (secondary N) is 2. The van der Waals surface area contributed by atoms with E-state index >= 15 is 0 Å². The van der Waals surface area contributed by atoms with E-state index in [0.29, 0.717) is 21.4 Å². The van der Waals surface area contributed by atoms with Gasteiger partial charge in [-0.1, -0.05) is 6.92 Å². The number of nitro groups is 1. The van der Waals surface area contributed by atoms with Gasteiger partial charge in [0.15, 0.2) is 0 Å². The Kier molecular flexibility index (Phi) is 6.53. The van der Waals surface area contributed by atoms with Crippen LogP contribution >= 0.6 is 22.6 Å². The summed E-state index contributed by atoms with van der Waals surface area (Å²) in [6, 6.07) is 10.2. The summed E-state index contributed by atoms with van der Waals surface area (Å²) in [5, 5.41) is 13.5. The zero-order valence-corrected chi connectivity index (χ0v) is 16.7. The number of hydrogen-bond acceptors (Lipinski definition) is 5. The lowest BCUT2D eigenvalue weighted by Gasteiger charge is -2.09. The van der Waals surface area contributed by atoms with E-state index in [1.165, 1.54) is 30.3 Å². The molecule has 8 nitrogen and oxygen atoms in total. The van der Waals surface area contributed by atoms with E-state index in [9.17, 15) is 23.3 Å². The Hall–Kier alpha value is -2.21. The molecule has 0 atom stereocenters. The Morgan fingerprint density at radius 2 is 1.77 bits per heavy atom. The summed E-state index contributed by atoms with van der Waals surface area (Å²) in [4.78, 5) is 22.7. The number of nitrogens with zero attached hydrogens (tertiary/aromatic N) is 1. The smallest absolute Gasteiger partial charge is 0.270 e. The molecule has 1 amide bonds. The number of nitro benzene ring substituents is 1. The van der Waals surface area contributed by atoms with Crippen LogP contribution in [0.4, 0.5) is 17.1 Å². The van der Waals surface area contributed by atoms with Gasteiger partial charge >= 0.3 is 0 Å². The Bertz CT molecular complexity index is 929. The molecule has 26 heavy (non-hydrogen) atoms. The highest BCUT2D eigenvalue weighted by Gasteiger charge is 2.16. The van der Waals surface area contributed by atoms with Crippen LogP contribution in [0.15, 0.2) is 42.5 Å². The fourth-order valence-electron chi connectivity index (χ4n) is 2.12. The fraction of sp³-hybridized carbons (Fsp3) is 0.188. The molecule has 138 valence electrons. The molecular formula is C16H16IN3O5S. The number of hydrogen-bond donors (Lipinski definition) is 2. The summed E-state index contributed by atoms with van der Waals surface area (Å²) in [5.74, 6) is -0.464. The summed E-state index contributed by atoms with van der Waals surface area (Å²) in [6.07, 6.45) is 0.505. The Morgan fingerprint density at radius 3 is 2.35 bits per heavy atom. The van der Waals surface area contributed by atoms with Crippen LogP contribution < -0.4 is 10.0 Å². The number of anilines is 2. The predicted molar refractivity (Wildman–Crippen MR) is 108 cm³/mol. The lowest BCUT2D eigenvalue weighted by atomic mass is 10.2. The van der Waals surface area contributed by atoms with Crippen molar-refractivity contribution in [2.75, 3.05) is 15.8 Å². The number of benzene rings is 2. The summed E-state index contributed by atoms with van der Waals surface area (Å²) in [5.41, 5.74) is 0.848. The van der Waals surface area contributed by atoms with E-state index < -0.39 is 20.9 Å². The highest BCUT2D eigenvalue weighted by atomic mass is 127. The highest BCUT2D eigenvalue weighted by Crippen LogP contribution is 2.21. The van der Waals surface area contributed by atoms with Crippen LogP contribution in [-0.2, 0) is 10.0 Å². The van der Waals surface area contributed by atoms with Gasteiger partial charge in [-0.15, -0.1) is 0 Å². The molecule has 0 fully saturated rings. The number of carbonyl (C=O) groups is 1. The predicted octanol–water partition coefficient (Wildman–Crippen LogP) is 3.60. The van der Waals surface area contributed by atoms with Crippen molar-refractivity contribution in [3.05, 3.63) is 61.7 Å². The Balaban J connectivity index is 2.13. The van der Waals surface area contributed by atoms with E-state index in [-0.39, 0.29) is 17.0 Å². The van der Waals surface area contributed by atoms with Crippen molar-refractivity contribution in [1.82, 2.24) is 0 Å². The van der Waals surface area contributed by atoms with Crippen molar-refractivity contribution >= 4 is 55.6 Å². The third kappa shape index (κ3) is 5.39. The molecule has 0 aliphatic heterocycles. The first-order valence-electron chi connectivity index (χ1n) is 7.57. The van der Waals surface area contributed by atoms with E-state index in [4.69, 9.17) is 0 Å². The molecule has 2 aromatic carbocycles. The molecule has 2 aromatic rings. The molecule has 0 saturated carbocycles. The van der Waals surface area contributed by atoms with Crippen molar-refractivity contribution in [3.63, 3.8) is 0 Å². The first-order chi connectivity index (χ1) is 12.2. The van der Waals surface area contributed by atoms with Crippen LogP contribution in [0.2, 0.25) is 0 Å². The molecule has 0 aliphatic rings. The second-order valence-corrected chi connectivity index (χ2v) is 8.38. The molecule has 0 aromatic heterocycles. The first kappa shape index (κ1) is 20.1. The minimum absolute atomic E-state index is 0.0245. The zero-order chi connectivity index (χ0) is 19.3. The van der Waals surface area contributed by atoms with Crippen molar-refractivity contribution in [2.45, 2.75) is 13.3 Å². The second-order valence-electron chi connectivity index (χ2n) is 5.37. The monoisotopic (exact) mass is 489 g/mol. The van der Waals surface area contributed by atoms with Gasteiger partial charge in [0.25, 0.3) is 11.6 Å². The molecule has 0 radical (unpaired) electrons. The van der Waals surface area contributed by atoms with Crippen LogP contribution in [0.25, 0.3) is 0 Å². The van der Waals surface area contributed by atoms with Gasteiger partial charge < -0.3 is 5.32 Å². The molecule has 2 N–H and O–H groups in total. The quantitative estimate of drug-likeness (QED) is 0.350. The average molecular weight is 489 g/mol. The van der Waals surface area contributed by atoms with Crippen LogP contribution in [0, 0.1) is 13.7 Å². The first-order valence-corrected chi connectivity index (χ1v) is 10.3. The third-order valence-corrected chi connectivity index (χ3v) is 5.73. The summed E-state index contributed by atoms with van der Waals surface area (Å²) in [7, 11) is -3.38. The second kappa shape index (κ2) is 8.45. The number of rotatable bonds is 7. The van der Waals surface area contributed by atoms with Crippen molar-refractivity contribution < 1.29 is 18.1 Å². The lowest BCUT2D eigenvalue weighted by Crippen LogP contribution is -2.16. The van der Waals surface area contributed by atoms with Crippen molar-refractivity contribution in [2.24, 2.45) is 0 Å². The van der Waals surface area contributed by atoms with Gasteiger partial charge in [0.2, 0.25) is 10.0 Å². The molecule has 0 aliphatic carbocycles. The van der Waals surface area contributed by atoms with Gasteiger partial charge in [-0.3, -0.25) is 19.6 Å². The largest absolute Gasteiger partial charge is 0.322 e. The van der Waals surface area contributed by atoms with Gasteiger partial charge in [-0.25, -0.2) is 8.42 Å². The van der Waals surface area contributed by atoms with Crippen LogP contribution in [0.3, 0.4) is 0 Å². The van der Waals surface area contributed by atoms with Gasteiger partial charge in [0.1, 0.15) is 0 Å². The fourth-order valence-corrected chi connectivity index (χ4v) is 3.84. The standard InChI is InChI=1S/C16H16IN3O5S/c1-2-9-26(24,25)19-12-5-3-11(4-6-12)18-16(21)14-10-13(20(22)23)7-8-15(14)17/h3-8,10,19H,2,9H2,1H3,(H,18,21). The SMILES string of the molecule is CCCS(=O)(=O)Nc1ccc(NC(=O)c2cc([N+](=O)[O-])ccc2I)cc1. The number of carbonyl (C=O) groups excluding carboxylic acids is 1. The normalized spacial score (nSPS) is 11.0. The Labute approximate surface area is 164 Å². The van der Waals surface area contributed by atoms with Crippen LogP contribution in [0.1, 0.15) is 23.7 Å². The minimum Gasteiger partial charge on any atom is -0.322 e. The van der Waals surface area contributed by atoms with Gasteiger partial charge in [0.05, 0.1) is 16.2 Å². The summed E-state index contributed by atoms with van der Waals surface area (Å²) in [6.45, 7) is 1.77. The minimum atomic E-state index is -3.38. The number of amides is 1. The van der Waals surface area contributed by atoms with Crippen LogP contribution in [-0.4, -0.2) is 25.0 Å². The third-order valence-electron chi connectivity index (χ3n) is 3.29. The Morgan fingerprint density at radius 1 is 1.15 bits per heavy atom. The number of sulfonamides is 1. The van der Waals surface area contributed by atoms with Crippen molar-refractivity contribution in [1.29, 1.82) is 0 Å².